The Morgan fingerprint density at radius 1 is 1.41 bits per heavy atom. The summed E-state index contributed by atoms with van der Waals surface area (Å²) in [4.78, 5) is 11.8. The molecule has 2 aromatic heterocycles. The fourth-order valence-corrected chi connectivity index (χ4v) is 2.20. The maximum Gasteiger partial charge on any atom is 0.284 e. The summed E-state index contributed by atoms with van der Waals surface area (Å²) in [7, 11) is 0. The Bertz CT molecular complexity index is 679. The van der Waals surface area contributed by atoms with Crippen LogP contribution in [-0.4, -0.2) is 17.9 Å². The van der Waals surface area contributed by atoms with Crippen LogP contribution in [0.2, 0.25) is 0 Å². The van der Waals surface area contributed by atoms with Crippen LogP contribution in [0.25, 0.3) is 0 Å². The highest BCUT2D eigenvalue weighted by atomic mass is 32.2. The van der Waals surface area contributed by atoms with Crippen LogP contribution in [0.5, 0.6) is 0 Å². The van der Waals surface area contributed by atoms with Gasteiger partial charge in [-0.15, -0.1) is 0 Å². The average molecular weight is 328 g/mol. The smallest absolute Gasteiger partial charge is 0.284 e. The molecule has 5 nitrogen and oxygen atoms in total. The molecule has 0 spiro atoms. The summed E-state index contributed by atoms with van der Waals surface area (Å²) in [6, 6.07) is 4.79. The number of carbonyl (C=O) groups excluding carboxylic acids is 1. The maximum absolute atomic E-state index is 12.1. The van der Waals surface area contributed by atoms with E-state index in [4.69, 9.17) is 8.83 Å². The van der Waals surface area contributed by atoms with E-state index in [9.17, 15) is 13.6 Å². The number of furan rings is 2. The van der Waals surface area contributed by atoms with Crippen molar-refractivity contribution in [2.45, 2.75) is 25.4 Å². The van der Waals surface area contributed by atoms with E-state index in [1.54, 1.807) is 32.0 Å². The van der Waals surface area contributed by atoms with E-state index in [0.717, 1.165) is 0 Å². The molecule has 2 rings (SSSR count). The number of hydrogen-bond acceptors (Lipinski definition) is 5. The number of hydrazone groups is 1. The molecular weight excluding hydrogens is 314 g/mol. The third kappa shape index (κ3) is 4.45. The van der Waals surface area contributed by atoms with E-state index in [1.807, 2.05) is 0 Å². The Hall–Kier alpha value is -2.09. The van der Waals surface area contributed by atoms with Gasteiger partial charge in [0, 0.05) is 0 Å². The molecule has 0 radical (unpaired) electrons. The SMILES string of the molecule is Cc1cc(C(=O)N/N=C\c2ccc(CSC(F)F)o2)c(C)o1. The van der Waals surface area contributed by atoms with E-state index >= 15 is 0 Å². The number of amides is 1. The number of thioether (sulfide) groups is 1. The van der Waals surface area contributed by atoms with Gasteiger partial charge in [-0.3, -0.25) is 4.79 Å². The van der Waals surface area contributed by atoms with Gasteiger partial charge >= 0.3 is 0 Å². The van der Waals surface area contributed by atoms with Crippen molar-refractivity contribution in [3.05, 3.63) is 46.8 Å². The first-order valence-electron chi connectivity index (χ1n) is 6.34. The summed E-state index contributed by atoms with van der Waals surface area (Å²) < 4.78 is 34.6. The summed E-state index contributed by atoms with van der Waals surface area (Å²) in [5.74, 6) is -0.836. The van der Waals surface area contributed by atoms with Crippen molar-refractivity contribution in [2.24, 2.45) is 5.10 Å². The summed E-state index contributed by atoms with van der Waals surface area (Å²) in [6.45, 7) is 3.43. The van der Waals surface area contributed by atoms with Gasteiger partial charge in [-0.05, 0) is 32.0 Å². The lowest BCUT2D eigenvalue weighted by Gasteiger charge is -1.97. The largest absolute Gasteiger partial charge is 0.466 e. The molecule has 1 amide bonds. The average Bonchev–Trinajstić information content (AvgIpc) is 3.03. The van der Waals surface area contributed by atoms with Gasteiger partial charge < -0.3 is 8.83 Å². The second-order valence-electron chi connectivity index (χ2n) is 4.40. The highest BCUT2D eigenvalue weighted by molar-refractivity contribution is 7.98. The molecule has 118 valence electrons. The van der Waals surface area contributed by atoms with Gasteiger partial charge in [0.1, 0.15) is 23.0 Å². The highest BCUT2D eigenvalue weighted by Gasteiger charge is 2.12. The van der Waals surface area contributed by atoms with E-state index in [1.165, 1.54) is 6.21 Å². The molecule has 0 fully saturated rings. The van der Waals surface area contributed by atoms with Crippen LogP contribution in [0, 0.1) is 13.8 Å². The fourth-order valence-electron chi connectivity index (χ4n) is 1.76. The molecule has 0 aliphatic carbocycles. The van der Waals surface area contributed by atoms with Crippen LogP contribution in [0.15, 0.2) is 32.1 Å². The molecule has 2 heterocycles. The minimum Gasteiger partial charge on any atom is -0.466 e. The molecule has 0 saturated heterocycles. The van der Waals surface area contributed by atoms with Crippen molar-refractivity contribution < 1.29 is 22.4 Å². The molecule has 0 atom stereocenters. The topological polar surface area (TPSA) is 67.7 Å². The second-order valence-corrected chi connectivity index (χ2v) is 5.38. The second kappa shape index (κ2) is 7.26. The predicted molar refractivity (Wildman–Crippen MR) is 79.2 cm³/mol. The predicted octanol–water partition coefficient (Wildman–Crippen LogP) is 3.71. The Labute approximate surface area is 129 Å². The van der Waals surface area contributed by atoms with Crippen molar-refractivity contribution >= 4 is 23.9 Å². The molecule has 0 aliphatic heterocycles. The van der Waals surface area contributed by atoms with Crippen LogP contribution in [-0.2, 0) is 5.75 Å². The van der Waals surface area contributed by atoms with Gasteiger partial charge in [0.2, 0.25) is 0 Å². The van der Waals surface area contributed by atoms with Gasteiger partial charge in [-0.2, -0.15) is 13.9 Å². The van der Waals surface area contributed by atoms with Gasteiger partial charge in [0.15, 0.2) is 0 Å². The number of carbonyl (C=O) groups is 1. The summed E-state index contributed by atoms with van der Waals surface area (Å²) in [5, 5.41) is 3.76. The monoisotopic (exact) mass is 328 g/mol. The maximum atomic E-state index is 12.1. The molecule has 0 bridgehead atoms. The zero-order valence-electron chi connectivity index (χ0n) is 11.9. The summed E-state index contributed by atoms with van der Waals surface area (Å²) in [5.41, 5.74) is 2.75. The summed E-state index contributed by atoms with van der Waals surface area (Å²) in [6.07, 6.45) is 1.30. The lowest BCUT2D eigenvalue weighted by atomic mass is 10.2. The number of rotatable bonds is 6. The van der Waals surface area contributed by atoms with Crippen molar-refractivity contribution in [3.8, 4) is 0 Å². The Morgan fingerprint density at radius 2 is 2.18 bits per heavy atom. The van der Waals surface area contributed by atoms with E-state index in [-0.39, 0.29) is 5.75 Å². The molecule has 0 unspecified atom stereocenters. The first-order valence-corrected chi connectivity index (χ1v) is 7.39. The normalized spacial score (nSPS) is 11.5. The molecule has 0 aliphatic rings. The minimum absolute atomic E-state index is 0.0748. The first-order chi connectivity index (χ1) is 10.5. The van der Waals surface area contributed by atoms with E-state index in [2.05, 4.69) is 10.5 Å². The summed E-state index contributed by atoms with van der Waals surface area (Å²) >= 11 is 0.476. The fraction of sp³-hybridized carbons (Fsp3) is 0.286. The Balaban J connectivity index is 1.90. The molecule has 8 heteroatoms. The standard InChI is InChI=1S/C14H14F2N2O3S/c1-8-5-12(9(2)20-8)13(19)18-17-6-10-3-4-11(21-10)7-22-14(15)16/h3-6,14H,7H2,1-2H3,(H,18,19)/b17-6-. The minimum atomic E-state index is -2.44. The van der Waals surface area contributed by atoms with Gasteiger partial charge in [-0.25, -0.2) is 5.43 Å². The van der Waals surface area contributed by atoms with Crippen molar-refractivity contribution in [1.82, 2.24) is 5.43 Å². The lowest BCUT2D eigenvalue weighted by molar-refractivity contribution is 0.0953. The zero-order valence-corrected chi connectivity index (χ0v) is 12.7. The molecule has 2 aromatic rings. The zero-order chi connectivity index (χ0) is 16.1. The number of alkyl halides is 2. The van der Waals surface area contributed by atoms with E-state index < -0.39 is 11.7 Å². The number of halogens is 2. The number of aryl methyl sites for hydroxylation is 2. The number of hydrogen-bond donors (Lipinski definition) is 1. The molecular formula is C14H14F2N2O3S. The number of nitrogens with one attached hydrogen (secondary N) is 1. The van der Waals surface area contributed by atoms with Crippen LogP contribution >= 0.6 is 11.8 Å². The van der Waals surface area contributed by atoms with Crippen molar-refractivity contribution in [1.29, 1.82) is 0 Å². The van der Waals surface area contributed by atoms with Gasteiger partial charge in [0.05, 0.1) is 17.5 Å². The van der Waals surface area contributed by atoms with Crippen LogP contribution in [0.3, 0.4) is 0 Å². The van der Waals surface area contributed by atoms with Crippen molar-refractivity contribution in [2.75, 3.05) is 0 Å². The molecule has 22 heavy (non-hydrogen) atoms. The number of nitrogens with zero attached hydrogens (tertiary/aromatic N) is 1. The first kappa shape index (κ1) is 16.3. The quantitative estimate of drug-likeness (QED) is 0.648. The van der Waals surface area contributed by atoms with Crippen molar-refractivity contribution in [3.63, 3.8) is 0 Å². The lowest BCUT2D eigenvalue weighted by Crippen LogP contribution is -2.17. The van der Waals surface area contributed by atoms with Crippen LogP contribution in [0.1, 0.15) is 33.4 Å². The molecule has 0 aromatic carbocycles. The Kier molecular flexibility index (Phi) is 5.37. The van der Waals surface area contributed by atoms with Crippen LogP contribution in [0.4, 0.5) is 8.78 Å². The molecule has 1 N–H and O–H groups in total. The van der Waals surface area contributed by atoms with Gasteiger partial charge in [0.25, 0.3) is 11.7 Å². The third-order valence-corrected chi connectivity index (χ3v) is 3.38. The molecule has 0 saturated carbocycles. The highest BCUT2D eigenvalue weighted by Crippen LogP contribution is 2.20. The third-order valence-electron chi connectivity index (χ3n) is 2.68. The van der Waals surface area contributed by atoms with Crippen LogP contribution < -0.4 is 5.43 Å². The van der Waals surface area contributed by atoms with E-state index in [0.29, 0.717) is 40.4 Å². The Morgan fingerprint density at radius 3 is 2.82 bits per heavy atom. The van der Waals surface area contributed by atoms with Gasteiger partial charge in [-0.1, -0.05) is 11.8 Å².